The summed E-state index contributed by atoms with van der Waals surface area (Å²) < 4.78 is 4.12. The van der Waals surface area contributed by atoms with Crippen LogP contribution >= 0.6 is 23.6 Å². The first-order valence-electron chi connectivity index (χ1n) is 5.47. The zero-order valence-electron chi connectivity index (χ0n) is 10.5. The molecule has 0 aliphatic carbocycles. The fourth-order valence-electron chi connectivity index (χ4n) is 1.18. The topological polar surface area (TPSA) is 69.7 Å². The Morgan fingerprint density at radius 2 is 1.80 bits per heavy atom. The highest BCUT2D eigenvalue weighted by Crippen LogP contribution is 2.22. The van der Waals surface area contributed by atoms with Gasteiger partial charge in [0.1, 0.15) is 5.02 Å². The van der Waals surface area contributed by atoms with Crippen molar-refractivity contribution in [1.82, 2.24) is 0 Å². The molecule has 0 heterocycles. The first-order chi connectivity index (χ1) is 9.67. The first-order valence-corrected chi connectivity index (χ1v) is 6.58. The third kappa shape index (κ3) is 6.02. The quantitative estimate of drug-likeness (QED) is 0.370. The second-order valence-corrected chi connectivity index (χ2v) is 4.77. The summed E-state index contributed by atoms with van der Waals surface area (Å²) in [6, 6.07) is 14.4. The van der Waals surface area contributed by atoms with Crippen LogP contribution in [0.15, 0.2) is 53.4 Å². The number of benzene rings is 2. The zero-order valence-corrected chi connectivity index (χ0v) is 12.1. The van der Waals surface area contributed by atoms with Crippen LogP contribution in [0.1, 0.15) is 5.56 Å². The Morgan fingerprint density at radius 1 is 1.15 bits per heavy atom. The summed E-state index contributed by atoms with van der Waals surface area (Å²) >= 11 is 6.47. The Labute approximate surface area is 125 Å². The van der Waals surface area contributed by atoms with Crippen molar-refractivity contribution in [2.24, 2.45) is 0 Å². The van der Waals surface area contributed by atoms with Crippen LogP contribution in [0.3, 0.4) is 0 Å². The van der Waals surface area contributed by atoms with Gasteiger partial charge in [0, 0.05) is 11.0 Å². The van der Waals surface area contributed by atoms with Gasteiger partial charge in [0.25, 0.3) is 0 Å². The standard InChI is InChI=1S/C7H8O3S.C6H4ClN2/c1-6-2-4-7(5-3-6)11-10-9-8;7-5-3-1-2-4-6(5)9-8/h2-5,8H,1H3;1-4H/q;+1/p-1. The molecule has 2 rings (SSSR count). The molecule has 0 N–H and O–H groups in total. The Morgan fingerprint density at radius 3 is 2.30 bits per heavy atom. The SMILES string of the molecule is Cc1ccc(SOO[O-])cc1.N#[N+]c1ccccc1Cl. The van der Waals surface area contributed by atoms with E-state index in [-0.39, 0.29) is 0 Å². The molecule has 0 aromatic heterocycles. The van der Waals surface area contributed by atoms with Crippen molar-refractivity contribution in [1.29, 1.82) is 5.39 Å². The van der Waals surface area contributed by atoms with Crippen molar-refractivity contribution >= 4 is 29.3 Å². The highest BCUT2D eigenvalue weighted by Gasteiger charge is 2.07. The van der Waals surface area contributed by atoms with Gasteiger partial charge in [-0.3, -0.25) is 5.04 Å². The highest BCUT2D eigenvalue weighted by atomic mass is 35.5. The molecule has 0 saturated carbocycles. The fourth-order valence-corrected chi connectivity index (χ4v) is 1.71. The molecule has 0 atom stereocenters. The van der Waals surface area contributed by atoms with Gasteiger partial charge in [0.2, 0.25) is 5.39 Å². The van der Waals surface area contributed by atoms with E-state index in [2.05, 4.69) is 14.3 Å². The van der Waals surface area contributed by atoms with E-state index < -0.39 is 0 Å². The summed E-state index contributed by atoms with van der Waals surface area (Å²) in [5.74, 6) is 0. The maximum Gasteiger partial charge on any atom is 0.403 e. The van der Waals surface area contributed by atoms with Crippen LogP contribution in [0.25, 0.3) is 4.98 Å². The molecule has 0 amide bonds. The Balaban J connectivity index is 0.000000204. The van der Waals surface area contributed by atoms with Crippen molar-refractivity contribution < 1.29 is 14.6 Å². The van der Waals surface area contributed by atoms with Crippen LogP contribution < -0.4 is 5.26 Å². The van der Waals surface area contributed by atoms with Crippen LogP contribution in [0.4, 0.5) is 5.69 Å². The summed E-state index contributed by atoms with van der Waals surface area (Å²) in [5.41, 5.74) is 1.57. The lowest BCUT2D eigenvalue weighted by molar-refractivity contribution is -0.777. The molecule has 20 heavy (non-hydrogen) atoms. The molecule has 0 unspecified atom stereocenters. The van der Waals surface area contributed by atoms with E-state index in [1.165, 1.54) is 0 Å². The Kier molecular flexibility index (Phi) is 7.65. The molecule has 2 aromatic rings. The predicted molar refractivity (Wildman–Crippen MR) is 75.4 cm³/mol. The van der Waals surface area contributed by atoms with E-state index in [1.54, 1.807) is 24.3 Å². The van der Waals surface area contributed by atoms with Crippen molar-refractivity contribution in [3.8, 4) is 0 Å². The summed E-state index contributed by atoms with van der Waals surface area (Å²) in [4.78, 5) is 3.78. The van der Waals surface area contributed by atoms with E-state index in [1.807, 2.05) is 31.2 Å². The molecule has 0 bridgehead atoms. The first kappa shape index (κ1) is 16.4. The van der Waals surface area contributed by atoms with Gasteiger partial charge in [0.05, 0.1) is 12.0 Å². The second kappa shape index (κ2) is 9.31. The van der Waals surface area contributed by atoms with Crippen molar-refractivity contribution in [2.75, 3.05) is 0 Å². The number of hydrogen-bond donors (Lipinski definition) is 0. The average Bonchev–Trinajstić information content (AvgIpc) is 2.48. The monoisotopic (exact) mass is 310 g/mol. The summed E-state index contributed by atoms with van der Waals surface area (Å²) in [7, 11) is 0. The maximum absolute atomic E-state index is 9.43. The summed E-state index contributed by atoms with van der Waals surface area (Å²) in [5, 5.41) is 21.3. The van der Waals surface area contributed by atoms with Crippen LogP contribution in [-0.2, 0) is 9.37 Å². The number of hydrogen-bond acceptors (Lipinski definition) is 5. The minimum Gasteiger partial charge on any atom is -0.691 e. The lowest BCUT2D eigenvalue weighted by Crippen LogP contribution is -2.00. The smallest absolute Gasteiger partial charge is 0.403 e. The number of nitrogens with zero attached hydrogens (tertiary/aromatic N) is 2. The maximum atomic E-state index is 9.43. The molecule has 0 spiro atoms. The van der Waals surface area contributed by atoms with E-state index in [4.69, 9.17) is 17.0 Å². The predicted octanol–water partition coefficient (Wildman–Crippen LogP) is 4.05. The molecule has 0 aliphatic rings. The third-order valence-electron chi connectivity index (χ3n) is 2.14. The average molecular weight is 311 g/mol. The van der Waals surface area contributed by atoms with Gasteiger partial charge in [0.15, 0.2) is 4.98 Å². The minimum absolute atomic E-state index is 0.402. The third-order valence-corrected chi connectivity index (χ3v) is 3.05. The zero-order chi connectivity index (χ0) is 14.8. The molecule has 0 radical (unpaired) electrons. The molecular formula is C13H11ClN2O3S. The lowest BCUT2D eigenvalue weighted by atomic mass is 10.2. The normalized spacial score (nSPS) is 9.30. The Bertz CT molecular complexity index is 573. The fraction of sp³-hybridized carbons (Fsp3) is 0.0769. The second-order valence-electron chi connectivity index (χ2n) is 3.58. The Hall–Kier alpha value is -1.62. The van der Waals surface area contributed by atoms with E-state index in [0.29, 0.717) is 10.7 Å². The van der Waals surface area contributed by atoms with Crippen LogP contribution in [0, 0.1) is 12.3 Å². The van der Waals surface area contributed by atoms with Crippen LogP contribution in [0.5, 0.6) is 0 Å². The number of aryl methyl sites for hydroxylation is 1. The number of diazo groups is 1. The molecule has 5 nitrogen and oxygen atoms in total. The van der Waals surface area contributed by atoms with Gasteiger partial charge in [-0.2, -0.15) is 4.33 Å². The molecule has 0 saturated heterocycles. The summed E-state index contributed by atoms with van der Waals surface area (Å²) in [6.45, 7) is 1.99. The van der Waals surface area contributed by atoms with E-state index >= 15 is 0 Å². The van der Waals surface area contributed by atoms with Gasteiger partial charge in [-0.25, -0.2) is 0 Å². The largest absolute Gasteiger partial charge is 0.691 e. The molecule has 2 aromatic carbocycles. The van der Waals surface area contributed by atoms with Gasteiger partial charge in [-0.15, -0.1) is 0 Å². The van der Waals surface area contributed by atoms with Gasteiger partial charge < -0.3 is 5.26 Å². The van der Waals surface area contributed by atoms with E-state index in [9.17, 15) is 5.26 Å². The van der Waals surface area contributed by atoms with Crippen LogP contribution in [0.2, 0.25) is 5.02 Å². The van der Waals surface area contributed by atoms with Crippen molar-refractivity contribution in [3.05, 3.63) is 64.1 Å². The lowest BCUT2D eigenvalue weighted by Gasteiger charge is -2.03. The van der Waals surface area contributed by atoms with Gasteiger partial charge >= 0.3 is 5.69 Å². The van der Waals surface area contributed by atoms with Gasteiger partial charge in [-0.1, -0.05) is 41.4 Å². The van der Waals surface area contributed by atoms with Crippen LogP contribution in [-0.4, -0.2) is 0 Å². The van der Waals surface area contributed by atoms with E-state index in [0.717, 1.165) is 22.5 Å². The summed E-state index contributed by atoms with van der Waals surface area (Å²) in [6.07, 6.45) is 0. The molecule has 7 heteroatoms. The molecular weight excluding hydrogens is 300 g/mol. The van der Waals surface area contributed by atoms with Crippen molar-refractivity contribution in [3.63, 3.8) is 0 Å². The van der Waals surface area contributed by atoms with Gasteiger partial charge in [-0.05, 0) is 25.1 Å². The number of halogens is 1. The molecule has 0 aliphatic heterocycles. The molecule has 104 valence electrons. The molecule has 0 fully saturated rings. The van der Waals surface area contributed by atoms with Crippen molar-refractivity contribution in [2.45, 2.75) is 11.8 Å². The highest BCUT2D eigenvalue weighted by molar-refractivity contribution is 7.94. The minimum atomic E-state index is 0.402. The number of rotatable bonds is 3.